The van der Waals surface area contributed by atoms with E-state index in [0.717, 1.165) is 48.8 Å². The molecule has 1 aromatic heterocycles. The molecule has 1 amide bonds. The second-order valence-corrected chi connectivity index (χ2v) is 8.14. The van der Waals surface area contributed by atoms with Gasteiger partial charge in [0.05, 0.1) is 12.2 Å². The summed E-state index contributed by atoms with van der Waals surface area (Å²) >= 11 is 0. The largest absolute Gasteiger partial charge is 0.454 e. The summed E-state index contributed by atoms with van der Waals surface area (Å²) in [4.78, 5) is 14.5. The summed E-state index contributed by atoms with van der Waals surface area (Å²) in [6.07, 6.45) is 2.45. The normalized spacial score (nSPS) is 21.7. The molecule has 1 atom stereocenters. The lowest BCUT2D eigenvalue weighted by Crippen LogP contribution is -2.47. The molecule has 0 saturated carbocycles. The molecule has 4 rings (SSSR count). The van der Waals surface area contributed by atoms with Gasteiger partial charge in [-0.1, -0.05) is 13.0 Å². The maximum atomic E-state index is 12.5. The first-order chi connectivity index (χ1) is 12.9. The molecule has 0 spiro atoms. The van der Waals surface area contributed by atoms with E-state index in [1.54, 1.807) is 0 Å². The Labute approximate surface area is 160 Å². The maximum absolute atomic E-state index is 12.5. The lowest BCUT2D eigenvalue weighted by Gasteiger charge is -2.40. The molecule has 1 fully saturated rings. The van der Waals surface area contributed by atoms with Crippen molar-refractivity contribution in [1.82, 2.24) is 14.7 Å². The van der Waals surface area contributed by atoms with Gasteiger partial charge in [0.25, 0.3) is 0 Å². The molecule has 0 bridgehead atoms. The van der Waals surface area contributed by atoms with Crippen LogP contribution in [-0.2, 0) is 17.8 Å². The fourth-order valence-corrected chi connectivity index (χ4v) is 4.20. The Morgan fingerprint density at radius 2 is 1.96 bits per heavy atom. The molecule has 144 valence electrons. The third kappa shape index (κ3) is 3.80. The summed E-state index contributed by atoms with van der Waals surface area (Å²) in [6, 6.07) is 8.23. The van der Waals surface area contributed by atoms with Crippen LogP contribution in [0.1, 0.15) is 36.7 Å². The van der Waals surface area contributed by atoms with E-state index < -0.39 is 0 Å². The Balaban J connectivity index is 1.42. The Morgan fingerprint density at radius 1 is 1.15 bits per heavy atom. The van der Waals surface area contributed by atoms with Crippen molar-refractivity contribution < 1.29 is 14.3 Å². The Bertz CT molecular complexity index is 860. The average Bonchev–Trinajstić information content (AvgIpc) is 3.21. The lowest BCUT2D eigenvalue weighted by molar-refractivity contribution is -0.137. The minimum atomic E-state index is 0.0662. The standard InChI is InChI=1S/C21H27N3O3/c1-15-10-16(2)24(22-15)9-8-23-13-21(3,7-6-20(23)25)12-17-4-5-18-19(11-17)27-14-26-18/h4-5,10-11H,6-9,12-14H2,1-3H3/t21-/m0/s1. The van der Waals surface area contributed by atoms with Crippen molar-refractivity contribution >= 4 is 5.91 Å². The number of hydrogen-bond donors (Lipinski definition) is 0. The second kappa shape index (κ2) is 6.91. The van der Waals surface area contributed by atoms with Gasteiger partial charge < -0.3 is 14.4 Å². The molecule has 0 aliphatic carbocycles. The number of benzene rings is 1. The second-order valence-electron chi connectivity index (χ2n) is 8.14. The van der Waals surface area contributed by atoms with E-state index in [2.05, 4.69) is 37.1 Å². The van der Waals surface area contributed by atoms with Crippen LogP contribution in [0, 0.1) is 19.3 Å². The van der Waals surface area contributed by atoms with Crippen LogP contribution in [0.15, 0.2) is 24.3 Å². The summed E-state index contributed by atoms with van der Waals surface area (Å²) in [5.41, 5.74) is 3.45. The first-order valence-electron chi connectivity index (χ1n) is 9.59. The summed E-state index contributed by atoms with van der Waals surface area (Å²) in [7, 11) is 0. The summed E-state index contributed by atoms with van der Waals surface area (Å²) in [6.45, 7) is 8.85. The van der Waals surface area contributed by atoms with E-state index in [9.17, 15) is 4.79 Å². The van der Waals surface area contributed by atoms with Crippen LogP contribution in [0.5, 0.6) is 11.5 Å². The number of carbonyl (C=O) groups excluding carboxylic acids is 1. The number of fused-ring (bicyclic) bond motifs is 1. The van der Waals surface area contributed by atoms with Crippen LogP contribution in [0.3, 0.4) is 0 Å². The highest BCUT2D eigenvalue weighted by Crippen LogP contribution is 2.37. The van der Waals surface area contributed by atoms with Crippen LogP contribution in [-0.4, -0.2) is 40.5 Å². The van der Waals surface area contributed by atoms with Crippen molar-refractivity contribution in [2.45, 2.75) is 46.6 Å². The van der Waals surface area contributed by atoms with Gasteiger partial charge in [-0.25, -0.2) is 0 Å². The van der Waals surface area contributed by atoms with Crippen LogP contribution in [0.2, 0.25) is 0 Å². The highest BCUT2D eigenvalue weighted by Gasteiger charge is 2.35. The SMILES string of the molecule is Cc1cc(C)n(CCN2C[C@](C)(Cc3ccc4c(c3)OCO4)CCC2=O)n1. The number of amides is 1. The van der Waals surface area contributed by atoms with Gasteiger partial charge in [-0.15, -0.1) is 0 Å². The van der Waals surface area contributed by atoms with Gasteiger partial charge in [0.2, 0.25) is 12.7 Å². The highest BCUT2D eigenvalue weighted by molar-refractivity contribution is 5.77. The molecule has 6 nitrogen and oxygen atoms in total. The zero-order valence-corrected chi connectivity index (χ0v) is 16.3. The molecule has 2 aliphatic rings. The number of piperidine rings is 1. The van der Waals surface area contributed by atoms with Gasteiger partial charge in [-0.05, 0) is 55.9 Å². The number of nitrogens with zero attached hydrogens (tertiary/aromatic N) is 3. The fourth-order valence-electron chi connectivity index (χ4n) is 4.20. The molecule has 27 heavy (non-hydrogen) atoms. The third-order valence-electron chi connectivity index (χ3n) is 5.62. The third-order valence-corrected chi connectivity index (χ3v) is 5.62. The number of aryl methyl sites for hydroxylation is 2. The van der Waals surface area contributed by atoms with Gasteiger partial charge in [-0.3, -0.25) is 9.48 Å². The first-order valence-corrected chi connectivity index (χ1v) is 9.59. The van der Waals surface area contributed by atoms with E-state index in [1.165, 1.54) is 5.56 Å². The summed E-state index contributed by atoms with van der Waals surface area (Å²) < 4.78 is 12.9. The van der Waals surface area contributed by atoms with Gasteiger partial charge in [0.15, 0.2) is 11.5 Å². The van der Waals surface area contributed by atoms with E-state index in [0.29, 0.717) is 19.8 Å². The van der Waals surface area contributed by atoms with E-state index in [4.69, 9.17) is 9.47 Å². The van der Waals surface area contributed by atoms with E-state index in [1.807, 2.05) is 22.6 Å². The van der Waals surface area contributed by atoms with Crippen molar-refractivity contribution in [1.29, 1.82) is 0 Å². The molecule has 6 heteroatoms. The quantitative estimate of drug-likeness (QED) is 0.813. The minimum absolute atomic E-state index is 0.0662. The van der Waals surface area contributed by atoms with Gasteiger partial charge >= 0.3 is 0 Å². The predicted molar refractivity (Wildman–Crippen MR) is 102 cm³/mol. The lowest BCUT2D eigenvalue weighted by atomic mass is 9.76. The summed E-state index contributed by atoms with van der Waals surface area (Å²) in [5.74, 6) is 1.89. The zero-order chi connectivity index (χ0) is 19.0. The minimum Gasteiger partial charge on any atom is -0.454 e. The van der Waals surface area contributed by atoms with E-state index in [-0.39, 0.29) is 11.3 Å². The molecule has 1 aromatic carbocycles. The zero-order valence-electron chi connectivity index (χ0n) is 16.3. The van der Waals surface area contributed by atoms with Crippen LogP contribution < -0.4 is 9.47 Å². The molecule has 0 unspecified atom stereocenters. The van der Waals surface area contributed by atoms with Crippen LogP contribution in [0.25, 0.3) is 0 Å². The van der Waals surface area contributed by atoms with E-state index >= 15 is 0 Å². The van der Waals surface area contributed by atoms with Crippen molar-refractivity contribution in [2.75, 3.05) is 19.9 Å². The first kappa shape index (κ1) is 17.9. The van der Waals surface area contributed by atoms with Gasteiger partial charge in [-0.2, -0.15) is 5.10 Å². The number of carbonyl (C=O) groups is 1. The average molecular weight is 369 g/mol. The number of aromatic nitrogens is 2. The van der Waals surface area contributed by atoms with Crippen molar-refractivity contribution in [3.8, 4) is 11.5 Å². The molecular weight excluding hydrogens is 342 g/mol. The topological polar surface area (TPSA) is 56.6 Å². The molecule has 1 saturated heterocycles. The molecule has 0 N–H and O–H groups in total. The van der Waals surface area contributed by atoms with Crippen molar-refractivity contribution in [3.05, 3.63) is 41.2 Å². The predicted octanol–water partition coefficient (Wildman–Crippen LogP) is 3.10. The highest BCUT2D eigenvalue weighted by atomic mass is 16.7. The number of ether oxygens (including phenoxy) is 2. The number of hydrogen-bond acceptors (Lipinski definition) is 4. The smallest absolute Gasteiger partial charge is 0.231 e. The Hall–Kier alpha value is -2.50. The molecule has 0 radical (unpaired) electrons. The molecule has 2 aliphatic heterocycles. The van der Waals surface area contributed by atoms with Crippen molar-refractivity contribution in [3.63, 3.8) is 0 Å². The number of likely N-dealkylation sites (tertiary alicyclic amines) is 1. The molecular formula is C21H27N3O3. The van der Waals surface area contributed by atoms with Gasteiger partial charge in [0.1, 0.15) is 0 Å². The fraction of sp³-hybridized carbons (Fsp3) is 0.524. The van der Waals surface area contributed by atoms with Crippen LogP contribution >= 0.6 is 0 Å². The molecule has 3 heterocycles. The number of rotatable bonds is 5. The maximum Gasteiger partial charge on any atom is 0.231 e. The van der Waals surface area contributed by atoms with Gasteiger partial charge in [0, 0.05) is 25.2 Å². The Kier molecular flexibility index (Phi) is 4.58. The monoisotopic (exact) mass is 369 g/mol. The summed E-state index contributed by atoms with van der Waals surface area (Å²) in [5, 5.41) is 4.51. The Morgan fingerprint density at radius 3 is 2.74 bits per heavy atom. The van der Waals surface area contributed by atoms with Crippen LogP contribution in [0.4, 0.5) is 0 Å². The van der Waals surface area contributed by atoms with Crippen molar-refractivity contribution in [2.24, 2.45) is 5.41 Å². The molecule has 2 aromatic rings.